The van der Waals surface area contributed by atoms with Gasteiger partial charge >= 0.3 is 0 Å². The van der Waals surface area contributed by atoms with Gasteiger partial charge in [-0.25, -0.2) is 0 Å². The lowest BCUT2D eigenvalue weighted by Gasteiger charge is -2.53. The van der Waals surface area contributed by atoms with E-state index in [1.807, 2.05) is 6.08 Å². The highest BCUT2D eigenvalue weighted by Crippen LogP contribution is 2.54. The number of thiocarbonyl (C=S) groups is 1. The monoisotopic (exact) mass is 356 g/mol. The molecule has 0 saturated heterocycles. The van der Waals surface area contributed by atoms with Crippen molar-refractivity contribution in [1.82, 2.24) is 0 Å². The van der Waals surface area contributed by atoms with Crippen molar-refractivity contribution in [3.63, 3.8) is 0 Å². The molecule has 0 saturated carbocycles. The number of rotatable bonds is 7. The Morgan fingerprint density at radius 1 is 0.913 bits per heavy atom. The van der Waals surface area contributed by atoms with Gasteiger partial charge in [0.25, 0.3) is 0 Å². The standard InChI is InChI=1S/C21H40S2/c1-12-13-21(23,18(5,6)7)20(10,11)15-14-19(8,9)16(22)17(2,3)4/h12,23H,1,13-15H2,2-11H3. The van der Waals surface area contributed by atoms with Crippen LogP contribution in [0.15, 0.2) is 12.7 Å². The summed E-state index contributed by atoms with van der Waals surface area (Å²) in [6.07, 6.45) is 5.12. The van der Waals surface area contributed by atoms with Crippen LogP contribution in [-0.4, -0.2) is 9.61 Å². The van der Waals surface area contributed by atoms with Crippen LogP contribution >= 0.6 is 24.8 Å². The van der Waals surface area contributed by atoms with Crippen LogP contribution in [0.25, 0.3) is 0 Å². The average molecular weight is 357 g/mol. The molecule has 1 atom stereocenters. The van der Waals surface area contributed by atoms with Gasteiger partial charge in [-0.05, 0) is 40.9 Å². The summed E-state index contributed by atoms with van der Waals surface area (Å²) in [5, 5.41) is 0. The normalized spacial score (nSPS) is 16.8. The van der Waals surface area contributed by atoms with Crippen molar-refractivity contribution in [3.8, 4) is 0 Å². The molecule has 0 fully saturated rings. The van der Waals surface area contributed by atoms with Crippen LogP contribution in [0.2, 0.25) is 0 Å². The third kappa shape index (κ3) is 5.33. The molecule has 0 aromatic heterocycles. The van der Waals surface area contributed by atoms with E-state index in [1.54, 1.807) is 0 Å². The van der Waals surface area contributed by atoms with Gasteiger partial charge in [-0.3, -0.25) is 0 Å². The fraction of sp³-hybridized carbons (Fsp3) is 0.857. The fourth-order valence-corrected chi connectivity index (χ4v) is 4.11. The minimum absolute atomic E-state index is 0.0611. The van der Waals surface area contributed by atoms with E-state index in [4.69, 9.17) is 24.8 Å². The summed E-state index contributed by atoms with van der Waals surface area (Å²) in [5.41, 5.74) is 0.327. The molecule has 0 amide bonds. The number of hydrogen-bond acceptors (Lipinski definition) is 2. The summed E-state index contributed by atoms with van der Waals surface area (Å²) < 4.78 is -0.0961. The van der Waals surface area contributed by atoms with Crippen LogP contribution < -0.4 is 0 Å². The molecule has 23 heavy (non-hydrogen) atoms. The third-order valence-electron chi connectivity index (χ3n) is 5.47. The van der Waals surface area contributed by atoms with Gasteiger partial charge in [0.2, 0.25) is 0 Å². The summed E-state index contributed by atoms with van der Waals surface area (Å²) in [6.45, 7) is 26.8. The summed E-state index contributed by atoms with van der Waals surface area (Å²) in [6, 6.07) is 0. The van der Waals surface area contributed by atoms with Gasteiger partial charge in [0, 0.05) is 9.61 Å². The Kier molecular flexibility index (Phi) is 7.25. The molecule has 2 heteroatoms. The molecule has 136 valence electrons. The molecule has 0 rings (SSSR count). The highest BCUT2D eigenvalue weighted by Gasteiger charge is 2.49. The Morgan fingerprint density at radius 2 is 1.35 bits per heavy atom. The quantitative estimate of drug-likeness (QED) is 0.279. The van der Waals surface area contributed by atoms with Crippen molar-refractivity contribution in [3.05, 3.63) is 12.7 Å². The van der Waals surface area contributed by atoms with Gasteiger partial charge in [-0.2, -0.15) is 12.6 Å². The highest BCUT2D eigenvalue weighted by molar-refractivity contribution is 7.82. The summed E-state index contributed by atoms with van der Waals surface area (Å²) in [7, 11) is 0. The van der Waals surface area contributed by atoms with Crippen molar-refractivity contribution in [2.45, 2.75) is 93.2 Å². The first-order valence-electron chi connectivity index (χ1n) is 8.80. The summed E-state index contributed by atoms with van der Waals surface area (Å²) in [4.78, 5) is 1.17. The van der Waals surface area contributed by atoms with E-state index in [9.17, 15) is 0 Å². The number of hydrogen-bond donors (Lipinski definition) is 1. The van der Waals surface area contributed by atoms with Crippen LogP contribution in [0.5, 0.6) is 0 Å². The van der Waals surface area contributed by atoms with Gasteiger partial charge in [-0.15, -0.1) is 6.58 Å². The zero-order valence-electron chi connectivity index (χ0n) is 17.3. The number of thiol groups is 1. The molecule has 0 N–H and O–H groups in total. The molecule has 0 radical (unpaired) electrons. The van der Waals surface area contributed by atoms with Gasteiger partial charge in [0.15, 0.2) is 0 Å². The lowest BCUT2D eigenvalue weighted by molar-refractivity contribution is 0.108. The van der Waals surface area contributed by atoms with Gasteiger partial charge in [0.1, 0.15) is 0 Å². The second-order valence-electron chi connectivity index (χ2n) is 10.4. The van der Waals surface area contributed by atoms with Crippen molar-refractivity contribution in [2.75, 3.05) is 0 Å². The van der Waals surface area contributed by atoms with Crippen LogP contribution in [0, 0.1) is 21.7 Å². The first kappa shape index (κ1) is 23.2. The first-order valence-corrected chi connectivity index (χ1v) is 9.66. The Bertz CT molecular complexity index is 430. The summed E-state index contributed by atoms with van der Waals surface area (Å²) >= 11 is 11.0. The molecule has 0 heterocycles. The van der Waals surface area contributed by atoms with Crippen molar-refractivity contribution >= 4 is 29.7 Å². The van der Waals surface area contributed by atoms with E-state index in [1.165, 1.54) is 4.86 Å². The molecule has 0 aromatic carbocycles. The zero-order chi connectivity index (χ0) is 18.9. The molecule has 0 spiro atoms. The van der Waals surface area contributed by atoms with E-state index in [0.29, 0.717) is 0 Å². The molecular formula is C21H40S2. The lowest BCUT2D eigenvalue weighted by Crippen LogP contribution is -2.50. The molecule has 0 bridgehead atoms. The smallest absolute Gasteiger partial charge is 0.0263 e. The SMILES string of the molecule is C=CCC(S)(C(C)(C)C)C(C)(C)CCC(C)(C)C(=S)C(C)(C)C. The van der Waals surface area contributed by atoms with Gasteiger partial charge in [0.05, 0.1) is 0 Å². The molecule has 0 aliphatic rings. The van der Waals surface area contributed by atoms with Crippen LogP contribution in [0.3, 0.4) is 0 Å². The van der Waals surface area contributed by atoms with Gasteiger partial charge < -0.3 is 0 Å². The minimum Gasteiger partial charge on any atom is -0.171 e. The number of allylic oxidation sites excluding steroid dienone is 1. The predicted octanol–water partition coefficient (Wildman–Crippen LogP) is 7.53. The Morgan fingerprint density at radius 3 is 1.65 bits per heavy atom. The van der Waals surface area contributed by atoms with E-state index in [0.717, 1.165) is 19.3 Å². The average Bonchev–Trinajstić information content (AvgIpc) is 2.33. The molecular weight excluding hydrogens is 316 g/mol. The minimum atomic E-state index is -0.0961. The lowest BCUT2D eigenvalue weighted by atomic mass is 9.60. The van der Waals surface area contributed by atoms with Crippen molar-refractivity contribution in [2.24, 2.45) is 21.7 Å². The van der Waals surface area contributed by atoms with Crippen molar-refractivity contribution < 1.29 is 0 Å². The van der Waals surface area contributed by atoms with E-state index < -0.39 is 0 Å². The van der Waals surface area contributed by atoms with E-state index in [2.05, 4.69) is 75.8 Å². The zero-order valence-corrected chi connectivity index (χ0v) is 19.0. The Labute approximate surface area is 157 Å². The van der Waals surface area contributed by atoms with Crippen LogP contribution in [0.1, 0.15) is 88.5 Å². The molecule has 0 aliphatic carbocycles. The Balaban J connectivity index is 5.40. The van der Waals surface area contributed by atoms with Crippen LogP contribution in [0.4, 0.5) is 0 Å². The molecule has 1 unspecified atom stereocenters. The summed E-state index contributed by atoms with van der Waals surface area (Å²) in [5.74, 6) is 0. The molecule has 0 aromatic rings. The van der Waals surface area contributed by atoms with E-state index in [-0.39, 0.29) is 26.4 Å². The predicted molar refractivity (Wildman–Crippen MR) is 115 cm³/mol. The highest BCUT2D eigenvalue weighted by atomic mass is 32.1. The molecule has 0 nitrogen and oxygen atoms in total. The van der Waals surface area contributed by atoms with Crippen LogP contribution in [-0.2, 0) is 0 Å². The second-order valence-corrected chi connectivity index (χ2v) is 11.6. The van der Waals surface area contributed by atoms with Crippen molar-refractivity contribution in [1.29, 1.82) is 0 Å². The maximum atomic E-state index is 5.80. The topological polar surface area (TPSA) is 0 Å². The largest absolute Gasteiger partial charge is 0.171 e. The van der Waals surface area contributed by atoms with E-state index >= 15 is 0 Å². The first-order chi connectivity index (χ1) is 9.92. The maximum Gasteiger partial charge on any atom is 0.0263 e. The Hall–Kier alpha value is 0.180. The fourth-order valence-electron chi connectivity index (χ4n) is 3.77. The second kappa shape index (κ2) is 7.20. The maximum absolute atomic E-state index is 5.80. The third-order valence-corrected chi connectivity index (χ3v) is 8.09. The molecule has 0 aliphatic heterocycles. The van der Waals surface area contributed by atoms with Gasteiger partial charge in [-0.1, -0.05) is 87.5 Å².